The van der Waals surface area contributed by atoms with E-state index < -0.39 is 0 Å². The average molecular weight is 502 g/mol. The minimum Gasteiger partial charge on any atom is -0.298 e. The Morgan fingerprint density at radius 1 is 0.947 bits per heavy atom. The number of halogens is 1. The van der Waals surface area contributed by atoms with Crippen LogP contribution in [0.5, 0.6) is 0 Å². The molecule has 0 radical (unpaired) electrons. The third kappa shape index (κ3) is 3.70. The van der Waals surface area contributed by atoms with Crippen molar-refractivity contribution in [3.8, 4) is 5.69 Å². The van der Waals surface area contributed by atoms with Gasteiger partial charge >= 0.3 is 0 Å². The van der Waals surface area contributed by atoms with Crippen molar-refractivity contribution in [3.63, 3.8) is 0 Å². The zero-order valence-electron chi connectivity index (χ0n) is 21.9. The number of hydrogen-bond acceptors (Lipinski definition) is 2. The number of piperidine rings is 1. The Hall–Kier alpha value is -3.76. The zero-order valence-corrected chi connectivity index (χ0v) is 21.9. The van der Waals surface area contributed by atoms with E-state index in [1.165, 1.54) is 34.4 Å². The van der Waals surface area contributed by atoms with E-state index in [-0.39, 0.29) is 11.2 Å². The largest absolute Gasteiger partial charge is 0.298 e. The zero-order chi connectivity index (χ0) is 25.9. The Morgan fingerprint density at radius 3 is 2.39 bits per heavy atom. The first kappa shape index (κ1) is 23.4. The van der Waals surface area contributed by atoms with Crippen LogP contribution in [0, 0.1) is 24.6 Å². The second-order valence-electron chi connectivity index (χ2n) is 11.3. The van der Waals surface area contributed by atoms with Crippen molar-refractivity contribution in [1.82, 2.24) is 14.7 Å². The lowest BCUT2D eigenvalue weighted by molar-refractivity contribution is 0.260. The molecule has 1 aromatic heterocycles. The molecule has 2 heterocycles. The van der Waals surface area contributed by atoms with Crippen LogP contribution in [0.3, 0.4) is 0 Å². The molecule has 5 aromatic rings. The lowest BCUT2D eigenvalue weighted by Gasteiger charge is -2.28. The van der Waals surface area contributed by atoms with Crippen molar-refractivity contribution in [2.75, 3.05) is 13.1 Å². The van der Waals surface area contributed by atoms with Crippen LogP contribution in [0.4, 0.5) is 4.39 Å². The lowest BCUT2D eigenvalue weighted by Crippen LogP contribution is -2.30. The van der Waals surface area contributed by atoms with Crippen LogP contribution in [-0.4, -0.2) is 27.8 Å². The molecule has 4 atom stereocenters. The molecule has 1 aliphatic heterocycles. The van der Waals surface area contributed by atoms with E-state index in [4.69, 9.17) is 5.10 Å². The van der Waals surface area contributed by atoms with Crippen molar-refractivity contribution in [1.29, 1.82) is 0 Å². The molecular formula is C34H32FN3. The molecule has 0 N–H and O–H groups in total. The maximum absolute atomic E-state index is 13.5. The summed E-state index contributed by atoms with van der Waals surface area (Å²) in [6.45, 7) is 7.87. The monoisotopic (exact) mass is 501 g/mol. The molecule has 0 spiro atoms. The third-order valence-corrected chi connectivity index (χ3v) is 9.12. The first-order chi connectivity index (χ1) is 18.5. The van der Waals surface area contributed by atoms with Gasteiger partial charge in [-0.25, -0.2) is 9.07 Å². The summed E-state index contributed by atoms with van der Waals surface area (Å²) in [5.74, 6) is 1.50. The summed E-state index contributed by atoms with van der Waals surface area (Å²) >= 11 is 0. The Balaban J connectivity index is 1.28. The maximum atomic E-state index is 13.5. The van der Waals surface area contributed by atoms with Crippen LogP contribution in [0.2, 0.25) is 0 Å². The highest BCUT2D eigenvalue weighted by molar-refractivity contribution is 5.83. The van der Waals surface area contributed by atoms with Crippen molar-refractivity contribution >= 4 is 10.9 Å². The van der Waals surface area contributed by atoms with Gasteiger partial charge in [0.05, 0.1) is 17.4 Å². The van der Waals surface area contributed by atoms with Gasteiger partial charge in [-0.1, -0.05) is 67.6 Å². The quantitative estimate of drug-likeness (QED) is 0.244. The van der Waals surface area contributed by atoms with Gasteiger partial charge in [0, 0.05) is 30.4 Å². The fourth-order valence-corrected chi connectivity index (χ4v) is 7.42. The van der Waals surface area contributed by atoms with Gasteiger partial charge in [-0.3, -0.25) is 4.90 Å². The number of aromatic nitrogens is 2. The Kier molecular flexibility index (Phi) is 5.48. The number of fused-ring (bicyclic) bond motifs is 2. The van der Waals surface area contributed by atoms with Gasteiger partial charge in [-0.2, -0.15) is 5.10 Å². The molecular weight excluding hydrogens is 469 g/mol. The van der Waals surface area contributed by atoms with E-state index in [9.17, 15) is 4.39 Å². The predicted octanol–water partition coefficient (Wildman–Crippen LogP) is 7.28. The molecule has 190 valence electrons. The standard InChI is InChI=1S/C34H32FN3/c1-23-17-32-27(19-36-38(32)29-15-13-28(35)14-16-29)18-30(23)34-22-37(20-25-9-5-3-6-10-25)21-31(34)33(34)24(2)26-11-7-4-8-12-26/h3-19,24,31,33H,20-22H2,1-2H3/t24-,31-,33?,34+/m1/s1. The summed E-state index contributed by atoms with van der Waals surface area (Å²) in [4.78, 5) is 2.65. The van der Waals surface area contributed by atoms with Crippen LogP contribution in [-0.2, 0) is 12.0 Å². The molecule has 1 saturated heterocycles. The number of rotatable bonds is 6. The first-order valence-corrected chi connectivity index (χ1v) is 13.6. The second-order valence-corrected chi connectivity index (χ2v) is 11.3. The summed E-state index contributed by atoms with van der Waals surface area (Å²) in [5, 5.41) is 5.84. The van der Waals surface area contributed by atoms with Crippen LogP contribution >= 0.6 is 0 Å². The molecule has 1 aliphatic carbocycles. The molecule has 38 heavy (non-hydrogen) atoms. The minimum atomic E-state index is -0.234. The van der Waals surface area contributed by atoms with E-state index >= 15 is 0 Å². The summed E-state index contributed by atoms with van der Waals surface area (Å²) in [6.07, 6.45) is 1.96. The fourth-order valence-electron chi connectivity index (χ4n) is 7.42. The molecule has 0 amide bonds. The predicted molar refractivity (Wildman–Crippen MR) is 151 cm³/mol. The molecule has 1 saturated carbocycles. The molecule has 0 bridgehead atoms. The average Bonchev–Trinajstić information content (AvgIpc) is 3.20. The third-order valence-electron chi connectivity index (χ3n) is 9.12. The summed E-state index contributed by atoms with van der Waals surface area (Å²) in [6, 6.07) is 33.1. The van der Waals surface area contributed by atoms with E-state index in [0.717, 1.165) is 36.2 Å². The molecule has 4 heteroatoms. The summed E-state index contributed by atoms with van der Waals surface area (Å²) < 4.78 is 15.5. The highest BCUT2D eigenvalue weighted by atomic mass is 19.1. The van der Waals surface area contributed by atoms with E-state index in [1.807, 2.05) is 10.9 Å². The van der Waals surface area contributed by atoms with E-state index in [1.54, 1.807) is 12.1 Å². The van der Waals surface area contributed by atoms with E-state index in [0.29, 0.717) is 17.8 Å². The molecule has 3 nitrogen and oxygen atoms in total. The van der Waals surface area contributed by atoms with Gasteiger partial charge in [0.1, 0.15) is 5.82 Å². The summed E-state index contributed by atoms with van der Waals surface area (Å²) in [7, 11) is 0. The highest BCUT2D eigenvalue weighted by Crippen LogP contribution is 2.69. The Morgan fingerprint density at radius 2 is 1.66 bits per heavy atom. The number of benzene rings is 4. The topological polar surface area (TPSA) is 21.1 Å². The normalized spacial score (nSPS) is 23.4. The summed E-state index contributed by atoms with van der Waals surface area (Å²) in [5.41, 5.74) is 7.68. The van der Waals surface area contributed by atoms with E-state index in [2.05, 4.69) is 91.5 Å². The molecule has 2 aliphatic rings. The van der Waals surface area contributed by atoms with Gasteiger partial charge in [0.15, 0.2) is 0 Å². The second kappa shape index (κ2) is 8.92. The van der Waals surface area contributed by atoms with Crippen LogP contribution < -0.4 is 0 Å². The number of hydrogen-bond donors (Lipinski definition) is 0. The number of nitrogens with zero attached hydrogens (tertiary/aromatic N) is 3. The van der Waals surface area contributed by atoms with Crippen LogP contribution in [0.1, 0.15) is 35.1 Å². The van der Waals surface area contributed by atoms with Crippen LogP contribution in [0.25, 0.3) is 16.6 Å². The van der Waals surface area contributed by atoms with Gasteiger partial charge in [0.25, 0.3) is 0 Å². The Bertz CT molecular complexity index is 1590. The molecule has 2 fully saturated rings. The highest BCUT2D eigenvalue weighted by Gasteiger charge is 2.70. The van der Waals surface area contributed by atoms with Crippen molar-refractivity contribution < 1.29 is 4.39 Å². The van der Waals surface area contributed by atoms with Crippen LogP contribution in [0.15, 0.2) is 103 Å². The molecule has 1 unspecified atom stereocenters. The Labute approximate surface area is 223 Å². The van der Waals surface area contributed by atoms with Crippen molar-refractivity contribution in [3.05, 3.63) is 131 Å². The fraction of sp³-hybridized carbons (Fsp3) is 0.265. The molecule has 4 aromatic carbocycles. The van der Waals surface area contributed by atoms with Gasteiger partial charge < -0.3 is 0 Å². The number of aryl methyl sites for hydroxylation is 1. The lowest BCUT2D eigenvalue weighted by atomic mass is 9.83. The van der Waals surface area contributed by atoms with Gasteiger partial charge in [0.2, 0.25) is 0 Å². The van der Waals surface area contributed by atoms with Gasteiger partial charge in [-0.05, 0) is 83.3 Å². The smallest absolute Gasteiger partial charge is 0.123 e. The minimum absolute atomic E-state index is 0.139. The SMILES string of the molecule is Cc1cc2c(cnn2-c2ccc(F)cc2)cc1[C@@]12CN(Cc3ccccc3)C[C@@H]1C2[C@H](C)c1ccccc1. The first-order valence-electron chi connectivity index (χ1n) is 13.6. The van der Waals surface area contributed by atoms with Crippen molar-refractivity contribution in [2.45, 2.75) is 31.7 Å². The van der Waals surface area contributed by atoms with Crippen molar-refractivity contribution in [2.24, 2.45) is 11.8 Å². The maximum Gasteiger partial charge on any atom is 0.123 e. The molecule has 7 rings (SSSR count). The van der Waals surface area contributed by atoms with Gasteiger partial charge in [-0.15, -0.1) is 0 Å². The number of likely N-dealkylation sites (tertiary alicyclic amines) is 1.